The second-order valence-corrected chi connectivity index (χ2v) is 11.7. The highest BCUT2D eigenvalue weighted by atomic mass is 32.2. The summed E-state index contributed by atoms with van der Waals surface area (Å²) in [5, 5.41) is -0.157. The van der Waals surface area contributed by atoms with Crippen molar-refractivity contribution in [2.24, 2.45) is 11.8 Å². The van der Waals surface area contributed by atoms with Crippen molar-refractivity contribution in [1.82, 2.24) is 14.7 Å². The van der Waals surface area contributed by atoms with E-state index in [2.05, 4.69) is 52.2 Å². The van der Waals surface area contributed by atoms with Crippen LogP contribution in [0, 0.1) is 11.8 Å². The second-order valence-electron chi connectivity index (χ2n) is 10.0. The SMILES string of the molecule is CCCN(CC1CC1)c1cccc(S(=O)(=O)NC(=O)c2cccnc2N2CCC(C)C2(C)C)n1. The molecule has 0 aromatic carbocycles. The van der Waals surface area contributed by atoms with Gasteiger partial charge in [0, 0.05) is 31.4 Å². The molecule has 1 saturated carbocycles. The number of nitrogens with one attached hydrogen (secondary N) is 1. The van der Waals surface area contributed by atoms with Crippen LogP contribution in [0.2, 0.25) is 0 Å². The Kier molecular flexibility index (Phi) is 6.85. The van der Waals surface area contributed by atoms with Gasteiger partial charge in [-0.05, 0) is 75.6 Å². The van der Waals surface area contributed by atoms with Crippen molar-refractivity contribution in [2.45, 2.75) is 63.9 Å². The lowest BCUT2D eigenvalue weighted by Gasteiger charge is -2.36. The van der Waals surface area contributed by atoms with Crippen molar-refractivity contribution in [3.05, 3.63) is 42.1 Å². The molecule has 1 unspecified atom stereocenters. The van der Waals surface area contributed by atoms with Crippen LogP contribution in [0.3, 0.4) is 0 Å². The molecule has 0 radical (unpaired) electrons. The highest BCUT2D eigenvalue weighted by molar-refractivity contribution is 7.90. The zero-order valence-electron chi connectivity index (χ0n) is 20.5. The van der Waals surface area contributed by atoms with E-state index in [1.54, 1.807) is 24.4 Å². The molecular formula is C25H35N5O3S. The molecule has 9 heteroatoms. The first kappa shape index (κ1) is 24.4. The summed E-state index contributed by atoms with van der Waals surface area (Å²) in [4.78, 5) is 26.3. The molecule has 0 bridgehead atoms. The molecule has 8 nitrogen and oxygen atoms in total. The first-order chi connectivity index (χ1) is 16.1. The minimum atomic E-state index is -4.15. The number of amides is 1. The van der Waals surface area contributed by atoms with Gasteiger partial charge in [0.25, 0.3) is 15.9 Å². The Balaban J connectivity index is 1.57. The van der Waals surface area contributed by atoms with Crippen LogP contribution in [0.5, 0.6) is 0 Å². The minimum Gasteiger partial charge on any atom is -0.356 e. The van der Waals surface area contributed by atoms with Gasteiger partial charge in [0.1, 0.15) is 11.6 Å². The molecule has 3 heterocycles. The molecule has 34 heavy (non-hydrogen) atoms. The number of carbonyl (C=O) groups excluding carboxylic acids is 1. The van der Waals surface area contributed by atoms with Crippen LogP contribution in [0.25, 0.3) is 0 Å². The lowest BCUT2D eigenvalue weighted by Crippen LogP contribution is -2.43. The van der Waals surface area contributed by atoms with Crippen molar-refractivity contribution in [2.75, 3.05) is 29.4 Å². The Morgan fingerprint density at radius 2 is 1.97 bits per heavy atom. The summed E-state index contributed by atoms with van der Waals surface area (Å²) in [6.45, 7) is 11.0. The molecular weight excluding hydrogens is 450 g/mol. The third-order valence-corrected chi connectivity index (χ3v) is 8.41. The fraction of sp³-hybridized carbons (Fsp3) is 0.560. The lowest BCUT2D eigenvalue weighted by atomic mass is 9.90. The molecule has 184 valence electrons. The summed E-state index contributed by atoms with van der Waals surface area (Å²) < 4.78 is 28.5. The van der Waals surface area contributed by atoms with Crippen LogP contribution >= 0.6 is 0 Å². The number of hydrogen-bond donors (Lipinski definition) is 1. The molecule has 1 saturated heterocycles. The van der Waals surface area contributed by atoms with Crippen molar-refractivity contribution in [1.29, 1.82) is 0 Å². The van der Waals surface area contributed by atoms with Gasteiger partial charge < -0.3 is 9.80 Å². The highest BCUT2D eigenvalue weighted by Gasteiger charge is 2.40. The zero-order valence-corrected chi connectivity index (χ0v) is 21.3. The van der Waals surface area contributed by atoms with Crippen LogP contribution in [0.4, 0.5) is 11.6 Å². The summed E-state index contributed by atoms with van der Waals surface area (Å²) in [5.41, 5.74) is 0.0494. The quantitative estimate of drug-likeness (QED) is 0.576. The molecule has 1 N–H and O–H groups in total. The molecule has 1 atom stereocenters. The lowest BCUT2D eigenvalue weighted by molar-refractivity contribution is 0.0981. The zero-order chi connectivity index (χ0) is 24.5. The van der Waals surface area contributed by atoms with E-state index in [9.17, 15) is 13.2 Å². The van der Waals surface area contributed by atoms with E-state index in [4.69, 9.17) is 0 Å². The van der Waals surface area contributed by atoms with Gasteiger partial charge in [-0.3, -0.25) is 4.79 Å². The molecule has 4 rings (SSSR count). The van der Waals surface area contributed by atoms with E-state index in [-0.39, 0.29) is 16.1 Å². The maximum atomic E-state index is 13.2. The van der Waals surface area contributed by atoms with Gasteiger partial charge in [-0.15, -0.1) is 0 Å². The molecule has 2 fully saturated rings. The number of carbonyl (C=O) groups is 1. The number of aromatic nitrogens is 2. The maximum Gasteiger partial charge on any atom is 0.281 e. The Morgan fingerprint density at radius 3 is 2.62 bits per heavy atom. The predicted octanol–water partition coefficient (Wildman–Crippen LogP) is 3.85. The van der Waals surface area contributed by atoms with Crippen molar-refractivity contribution >= 4 is 27.6 Å². The van der Waals surface area contributed by atoms with Crippen LogP contribution in [-0.2, 0) is 10.0 Å². The van der Waals surface area contributed by atoms with E-state index in [0.29, 0.717) is 23.5 Å². The van der Waals surface area contributed by atoms with Gasteiger partial charge in [-0.1, -0.05) is 19.9 Å². The number of pyridine rings is 2. The van der Waals surface area contributed by atoms with Gasteiger partial charge in [0.05, 0.1) is 5.56 Å². The third-order valence-electron chi connectivity index (χ3n) is 7.18. The van der Waals surface area contributed by atoms with Crippen molar-refractivity contribution in [3.63, 3.8) is 0 Å². The molecule has 2 aliphatic rings. The molecule has 0 spiro atoms. The van der Waals surface area contributed by atoms with Crippen LogP contribution < -0.4 is 14.5 Å². The smallest absolute Gasteiger partial charge is 0.281 e. The summed E-state index contributed by atoms with van der Waals surface area (Å²) in [6.07, 6.45) is 5.96. The maximum absolute atomic E-state index is 13.2. The molecule has 2 aromatic rings. The van der Waals surface area contributed by atoms with Crippen LogP contribution in [0.1, 0.15) is 63.7 Å². The topological polar surface area (TPSA) is 95.5 Å². The van der Waals surface area contributed by atoms with Gasteiger partial charge in [-0.2, -0.15) is 8.42 Å². The first-order valence-corrected chi connectivity index (χ1v) is 13.6. The molecule has 2 aromatic heterocycles. The summed E-state index contributed by atoms with van der Waals surface area (Å²) in [7, 11) is -4.15. The van der Waals surface area contributed by atoms with E-state index < -0.39 is 15.9 Å². The fourth-order valence-corrected chi connectivity index (χ4v) is 5.47. The van der Waals surface area contributed by atoms with Crippen molar-refractivity contribution < 1.29 is 13.2 Å². The predicted molar refractivity (Wildman–Crippen MR) is 134 cm³/mol. The highest BCUT2D eigenvalue weighted by Crippen LogP contribution is 2.38. The molecule has 1 aliphatic heterocycles. The summed E-state index contributed by atoms with van der Waals surface area (Å²) >= 11 is 0. The van der Waals surface area contributed by atoms with E-state index in [1.165, 1.54) is 18.9 Å². The van der Waals surface area contributed by atoms with Gasteiger partial charge in [-0.25, -0.2) is 14.7 Å². The average molecular weight is 486 g/mol. The monoisotopic (exact) mass is 485 g/mol. The Labute approximate surface area is 202 Å². The Hall–Kier alpha value is -2.68. The van der Waals surface area contributed by atoms with Gasteiger partial charge in [0.2, 0.25) is 0 Å². The summed E-state index contributed by atoms with van der Waals surface area (Å²) in [6, 6.07) is 8.21. The van der Waals surface area contributed by atoms with Crippen LogP contribution in [0.15, 0.2) is 41.6 Å². The number of nitrogens with zero attached hydrogens (tertiary/aromatic N) is 4. The van der Waals surface area contributed by atoms with E-state index in [0.717, 1.165) is 32.5 Å². The second kappa shape index (κ2) is 9.52. The fourth-order valence-electron chi connectivity index (χ4n) is 4.54. The number of hydrogen-bond acceptors (Lipinski definition) is 7. The largest absolute Gasteiger partial charge is 0.356 e. The third kappa shape index (κ3) is 5.04. The van der Waals surface area contributed by atoms with Crippen molar-refractivity contribution in [3.8, 4) is 0 Å². The summed E-state index contributed by atoms with van der Waals surface area (Å²) in [5.74, 6) is 1.50. The number of sulfonamides is 1. The standard InChI is InChI=1S/C25H35N5O3S/c1-5-15-29(17-19-11-12-19)21-9-6-10-22(27-21)34(32,33)28-24(31)20-8-7-14-26-23(20)30-16-13-18(2)25(30,3)4/h6-10,14,18-19H,5,11-13,15-17H2,1-4H3,(H,28,31). The Morgan fingerprint density at radius 1 is 1.21 bits per heavy atom. The first-order valence-electron chi connectivity index (χ1n) is 12.1. The van der Waals surface area contributed by atoms with E-state index >= 15 is 0 Å². The van der Waals surface area contributed by atoms with Gasteiger partial charge >= 0.3 is 0 Å². The van der Waals surface area contributed by atoms with E-state index in [1.807, 2.05) is 6.07 Å². The molecule has 1 aliphatic carbocycles. The minimum absolute atomic E-state index is 0.157. The number of anilines is 2. The normalized spacial score (nSPS) is 19.8. The average Bonchev–Trinajstić information content (AvgIpc) is 3.58. The van der Waals surface area contributed by atoms with Gasteiger partial charge in [0.15, 0.2) is 5.03 Å². The number of rotatable bonds is 9. The van der Waals surface area contributed by atoms with Crippen LogP contribution in [-0.4, -0.2) is 49.5 Å². The molecule has 1 amide bonds. The Bertz CT molecular complexity index is 1150.